The molecule has 0 spiro atoms. The molecule has 1 saturated heterocycles. The van der Waals surface area contributed by atoms with Crippen LogP contribution in [-0.2, 0) is 16.6 Å². The molecule has 0 radical (unpaired) electrons. The Labute approximate surface area is 113 Å². The van der Waals surface area contributed by atoms with Crippen LogP contribution in [-0.4, -0.2) is 26.4 Å². The first-order valence-electron chi connectivity index (χ1n) is 6.00. The molecule has 100 valence electrons. The van der Waals surface area contributed by atoms with Gasteiger partial charge in [0.05, 0.1) is 4.90 Å². The first-order chi connectivity index (χ1) is 8.47. The molecule has 0 amide bonds. The lowest BCUT2D eigenvalue weighted by atomic mass is 10.1. The predicted octanol–water partition coefficient (Wildman–Crippen LogP) is 1.97. The predicted molar refractivity (Wildman–Crippen MR) is 72.0 cm³/mol. The third-order valence-electron chi connectivity index (χ3n) is 3.17. The van der Waals surface area contributed by atoms with Gasteiger partial charge in [-0.25, -0.2) is 13.6 Å². The van der Waals surface area contributed by atoms with E-state index in [0.29, 0.717) is 17.1 Å². The van der Waals surface area contributed by atoms with Crippen LogP contribution < -0.4 is 5.14 Å². The molecule has 1 aliphatic rings. The van der Waals surface area contributed by atoms with Crippen LogP contribution in [0.2, 0.25) is 5.02 Å². The zero-order chi connectivity index (χ0) is 13.2. The Morgan fingerprint density at radius 2 is 1.89 bits per heavy atom. The average molecular weight is 289 g/mol. The Kier molecular flexibility index (Phi) is 4.27. The molecule has 0 aliphatic carbocycles. The Bertz CT molecular complexity index is 525. The van der Waals surface area contributed by atoms with E-state index in [4.69, 9.17) is 16.7 Å². The van der Waals surface area contributed by atoms with Gasteiger partial charge in [-0.05, 0) is 49.7 Å². The first-order valence-corrected chi connectivity index (χ1v) is 7.93. The van der Waals surface area contributed by atoms with Crippen LogP contribution in [0.1, 0.15) is 24.8 Å². The molecule has 1 heterocycles. The maximum Gasteiger partial charge on any atom is 0.238 e. The summed E-state index contributed by atoms with van der Waals surface area (Å²) in [5, 5.41) is 5.76. The van der Waals surface area contributed by atoms with Crippen molar-refractivity contribution in [2.75, 3.05) is 13.1 Å². The number of piperidine rings is 1. The number of benzene rings is 1. The summed E-state index contributed by atoms with van der Waals surface area (Å²) in [4.78, 5) is 2.42. The van der Waals surface area contributed by atoms with Crippen LogP contribution in [0.25, 0.3) is 0 Å². The van der Waals surface area contributed by atoms with Gasteiger partial charge in [0.1, 0.15) is 0 Å². The molecule has 0 bridgehead atoms. The van der Waals surface area contributed by atoms with Crippen molar-refractivity contribution >= 4 is 21.6 Å². The molecule has 0 saturated carbocycles. The fraction of sp³-hybridized carbons (Fsp3) is 0.500. The summed E-state index contributed by atoms with van der Waals surface area (Å²) >= 11 is 5.93. The van der Waals surface area contributed by atoms with E-state index in [1.165, 1.54) is 12.5 Å². The molecule has 2 rings (SSSR count). The van der Waals surface area contributed by atoms with E-state index in [1.807, 2.05) is 0 Å². The third-order valence-corrected chi connectivity index (χ3v) is 4.42. The Balaban J connectivity index is 2.27. The lowest BCUT2D eigenvalue weighted by Crippen LogP contribution is -2.30. The summed E-state index contributed by atoms with van der Waals surface area (Å²) in [6, 6.07) is 4.73. The fourth-order valence-corrected chi connectivity index (χ4v) is 3.25. The van der Waals surface area contributed by atoms with E-state index < -0.39 is 10.0 Å². The monoisotopic (exact) mass is 288 g/mol. The van der Waals surface area contributed by atoms with Crippen LogP contribution in [0.3, 0.4) is 0 Å². The highest BCUT2D eigenvalue weighted by Gasteiger charge is 2.18. The smallest absolute Gasteiger partial charge is 0.238 e. The van der Waals surface area contributed by atoms with Crippen LogP contribution >= 0.6 is 11.6 Å². The van der Waals surface area contributed by atoms with Gasteiger partial charge in [-0.1, -0.05) is 18.0 Å². The zero-order valence-electron chi connectivity index (χ0n) is 10.1. The molecule has 1 aromatic carbocycles. The summed E-state index contributed by atoms with van der Waals surface area (Å²) in [7, 11) is -3.69. The molecule has 0 atom stereocenters. The van der Waals surface area contributed by atoms with Crippen molar-refractivity contribution in [2.45, 2.75) is 30.7 Å². The summed E-state index contributed by atoms with van der Waals surface area (Å²) in [5.74, 6) is 0. The highest BCUT2D eigenvalue weighted by Crippen LogP contribution is 2.22. The minimum absolute atomic E-state index is 0.178. The topological polar surface area (TPSA) is 63.4 Å². The number of nitrogens with zero attached hydrogens (tertiary/aromatic N) is 1. The number of nitrogens with two attached hydrogens (primary N) is 1. The molecule has 6 heteroatoms. The van der Waals surface area contributed by atoms with E-state index in [2.05, 4.69) is 4.90 Å². The number of hydrogen-bond acceptors (Lipinski definition) is 3. The fourth-order valence-electron chi connectivity index (χ4n) is 2.31. The van der Waals surface area contributed by atoms with Gasteiger partial charge in [0.2, 0.25) is 10.0 Å². The van der Waals surface area contributed by atoms with Crippen molar-refractivity contribution in [1.29, 1.82) is 0 Å². The quantitative estimate of drug-likeness (QED) is 0.925. The number of likely N-dealkylation sites (tertiary alicyclic amines) is 1. The SMILES string of the molecule is NS(=O)(=O)c1ccc(Cl)cc1CN1CCCCC1. The normalized spacial score (nSPS) is 17.9. The Hall–Kier alpha value is -0.620. The van der Waals surface area contributed by atoms with Crippen LogP contribution in [0.4, 0.5) is 0 Å². The van der Waals surface area contributed by atoms with Crippen molar-refractivity contribution < 1.29 is 8.42 Å². The average Bonchev–Trinajstić information content (AvgIpc) is 2.28. The van der Waals surface area contributed by atoms with Gasteiger partial charge in [-0.2, -0.15) is 0 Å². The van der Waals surface area contributed by atoms with Gasteiger partial charge >= 0.3 is 0 Å². The molecule has 4 nitrogen and oxygen atoms in total. The second kappa shape index (κ2) is 5.57. The van der Waals surface area contributed by atoms with Crippen molar-refractivity contribution in [1.82, 2.24) is 4.90 Å². The Morgan fingerprint density at radius 1 is 1.22 bits per heavy atom. The van der Waals surface area contributed by atoms with Gasteiger partial charge in [0.25, 0.3) is 0 Å². The lowest BCUT2D eigenvalue weighted by Gasteiger charge is -2.27. The first kappa shape index (κ1) is 13.8. The van der Waals surface area contributed by atoms with Gasteiger partial charge in [-0.15, -0.1) is 0 Å². The van der Waals surface area contributed by atoms with E-state index >= 15 is 0 Å². The molecule has 1 fully saturated rings. The summed E-state index contributed by atoms with van der Waals surface area (Å²) in [5.41, 5.74) is 0.687. The number of sulfonamides is 1. The third kappa shape index (κ3) is 3.45. The molecule has 0 aromatic heterocycles. The van der Waals surface area contributed by atoms with Crippen LogP contribution in [0, 0.1) is 0 Å². The second-order valence-corrected chi connectivity index (χ2v) is 6.60. The van der Waals surface area contributed by atoms with E-state index in [1.54, 1.807) is 12.1 Å². The van der Waals surface area contributed by atoms with Crippen molar-refractivity contribution in [3.8, 4) is 0 Å². The van der Waals surface area contributed by atoms with Crippen molar-refractivity contribution in [3.05, 3.63) is 28.8 Å². The molecule has 1 aromatic rings. The second-order valence-electron chi connectivity index (χ2n) is 4.63. The van der Waals surface area contributed by atoms with Gasteiger partial charge < -0.3 is 0 Å². The highest BCUT2D eigenvalue weighted by molar-refractivity contribution is 7.89. The lowest BCUT2D eigenvalue weighted by molar-refractivity contribution is 0.219. The van der Waals surface area contributed by atoms with Crippen LogP contribution in [0.15, 0.2) is 23.1 Å². The largest absolute Gasteiger partial charge is 0.299 e. The minimum atomic E-state index is -3.69. The van der Waals surface area contributed by atoms with Gasteiger partial charge in [-0.3, -0.25) is 4.90 Å². The standard InChI is InChI=1S/C12H17ClN2O2S/c13-11-4-5-12(18(14,16)17)10(8-11)9-15-6-2-1-3-7-15/h4-5,8H,1-3,6-7,9H2,(H2,14,16,17). The van der Waals surface area contributed by atoms with Gasteiger partial charge in [0, 0.05) is 11.6 Å². The highest BCUT2D eigenvalue weighted by atomic mass is 35.5. The van der Waals surface area contributed by atoms with E-state index in [0.717, 1.165) is 25.9 Å². The molecule has 1 aliphatic heterocycles. The molecule has 2 N–H and O–H groups in total. The molecule has 18 heavy (non-hydrogen) atoms. The van der Waals surface area contributed by atoms with Gasteiger partial charge in [0.15, 0.2) is 0 Å². The summed E-state index contributed by atoms with van der Waals surface area (Å²) in [6.45, 7) is 2.58. The number of hydrogen-bond donors (Lipinski definition) is 1. The maximum absolute atomic E-state index is 11.5. The Morgan fingerprint density at radius 3 is 2.50 bits per heavy atom. The van der Waals surface area contributed by atoms with Crippen molar-refractivity contribution in [2.24, 2.45) is 5.14 Å². The molecular formula is C12H17ClN2O2S. The number of primary sulfonamides is 1. The van der Waals surface area contributed by atoms with Crippen molar-refractivity contribution in [3.63, 3.8) is 0 Å². The zero-order valence-corrected chi connectivity index (χ0v) is 11.7. The maximum atomic E-state index is 11.5. The summed E-state index contributed by atoms with van der Waals surface area (Å²) < 4.78 is 23.0. The number of halogens is 1. The van der Waals surface area contributed by atoms with E-state index in [-0.39, 0.29) is 4.90 Å². The molecule has 0 unspecified atom stereocenters. The molecular weight excluding hydrogens is 272 g/mol. The van der Waals surface area contributed by atoms with Crippen LogP contribution in [0.5, 0.6) is 0 Å². The summed E-state index contributed by atoms with van der Waals surface area (Å²) in [6.07, 6.45) is 3.56. The number of rotatable bonds is 3. The minimum Gasteiger partial charge on any atom is -0.299 e. The van der Waals surface area contributed by atoms with E-state index in [9.17, 15) is 8.42 Å².